The fourth-order valence-electron chi connectivity index (χ4n) is 3.57. The lowest BCUT2D eigenvalue weighted by molar-refractivity contribution is -0.118. The van der Waals surface area contributed by atoms with E-state index in [4.69, 9.17) is 5.73 Å². The van der Waals surface area contributed by atoms with Crippen molar-refractivity contribution < 1.29 is 4.79 Å². The molecule has 0 aliphatic carbocycles. The Morgan fingerprint density at radius 3 is 2.45 bits per heavy atom. The summed E-state index contributed by atoms with van der Waals surface area (Å²) in [4.78, 5) is 29.1. The number of primary amides is 1. The summed E-state index contributed by atoms with van der Waals surface area (Å²) in [6.45, 7) is 6.60. The van der Waals surface area contributed by atoms with E-state index in [2.05, 4.69) is 55.3 Å². The van der Waals surface area contributed by atoms with Crippen molar-refractivity contribution in [3.63, 3.8) is 0 Å². The molecule has 1 amide bonds. The zero-order chi connectivity index (χ0) is 21.0. The summed E-state index contributed by atoms with van der Waals surface area (Å²) >= 11 is 0. The van der Waals surface area contributed by atoms with Gasteiger partial charge in [-0.2, -0.15) is 0 Å². The molecule has 3 rings (SSSR count). The molecule has 0 saturated heterocycles. The van der Waals surface area contributed by atoms with Crippen LogP contribution < -0.4 is 16.6 Å². The number of para-hydroxylation sites is 1. The van der Waals surface area contributed by atoms with E-state index in [1.54, 1.807) is 18.2 Å². The SMILES string of the molecule is CCc1ccc([C@H](NCc2nc3ccccc3c(=O)n2CC(N)=O)C(C)C)cc1. The molecule has 0 bridgehead atoms. The third-order valence-electron chi connectivity index (χ3n) is 5.15. The lowest BCUT2D eigenvalue weighted by Crippen LogP contribution is -2.34. The molecule has 6 heteroatoms. The number of hydrogen-bond donors (Lipinski definition) is 2. The largest absolute Gasteiger partial charge is 0.368 e. The number of carbonyl (C=O) groups excluding carboxylic acids is 1. The molecule has 6 nitrogen and oxygen atoms in total. The smallest absolute Gasteiger partial charge is 0.261 e. The van der Waals surface area contributed by atoms with Gasteiger partial charge in [0.15, 0.2) is 0 Å². The van der Waals surface area contributed by atoms with Crippen LogP contribution in [0.15, 0.2) is 53.3 Å². The number of nitrogens with zero attached hydrogens (tertiary/aromatic N) is 2. The van der Waals surface area contributed by atoms with Crippen molar-refractivity contribution in [2.45, 2.75) is 46.3 Å². The number of carbonyl (C=O) groups is 1. The van der Waals surface area contributed by atoms with Crippen molar-refractivity contribution >= 4 is 16.8 Å². The molecule has 0 radical (unpaired) electrons. The second-order valence-corrected chi connectivity index (χ2v) is 7.60. The van der Waals surface area contributed by atoms with Gasteiger partial charge in [0.25, 0.3) is 5.56 Å². The van der Waals surface area contributed by atoms with Crippen molar-refractivity contribution in [3.05, 3.63) is 75.8 Å². The maximum atomic E-state index is 12.9. The molecule has 0 fully saturated rings. The van der Waals surface area contributed by atoms with Crippen LogP contribution in [0.25, 0.3) is 10.9 Å². The fraction of sp³-hybridized carbons (Fsp3) is 0.348. The van der Waals surface area contributed by atoms with E-state index in [-0.39, 0.29) is 18.1 Å². The molecule has 152 valence electrons. The van der Waals surface area contributed by atoms with Crippen molar-refractivity contribution in [1.29, 1.82) is 0 Å². The standard InChI is InChI=1S/C23H28N4O2/c1-4-16-9-11-17(12-10-16)22(15(2)3)25-13-21-26-19-8-6-5-7-18(19)23(29)27(21)14-20(24)28/h5-12,15,22,25H,4,13-14H2,1-3H3,(H2,24,28)/t22-/m1/s1. The number of fused-ring (bicyclic) bond motifs is 1. The number of hydrogen-bond acceptors (Lipinski definition) is 4. The van der Waals surface area contributed by atoms with Gasteiger partial charge in [-0.15, -0.1) is 0 Å². The van der Waals surface area contributed by atoms with E-state index in [1.807, 2.05) is 6.07 Å². The Balaban J connectivity index is 1.94. The topological polar surface area (TPSA) is 90.0 Å². The molecule has 3 N–H and O–H groups in total. The summed E-state index contributed by atoms with van der Waals surface area (Å²) in [7, 11) is 0. The van der Waals surface area contributed by atoms with Gasteiger partial charge in [-0.25, -0.2) is 4.98 Å². The van der Waals surface area contributed by atoms with E-state index < -0.39 is 5.91 Å². The van der Waals surface area contributed by atoms with Gasteiger partial charge >= 0.3 is 0 Å². The predicted octanol–water partition coefficient (Wildman–Crippen LogP) is 2.93. The highest BCUT2D eigenvalue weighted by molar-refractivity contribution is 5.78. The van der Waals surface area contributed by atoms with Crippen molar-refractivity contribution in [3.8, 4) is 0 Å². The van der Waals surface area contributed by atoms with Gasteiger partial charge in [-0.05, 0) is 35.6 Å². The van der Waals surface area contributed by atoms with Crippen LogP contribution in [0.1, 0.15) is 43.8 Å². The van der Waals surface area contributed by atoms with Crippen LogP contribution in [-0.4, -0.2) is 15.5 Å². The molecule has 0 aliphatic heterocycles. The first-order chi connectivity index (χ1) is 13.9. The molecule has 1 aromatic heterocycles. The summed E-state index contributed by atoms with van der Waals surface area (Å²) in [6.07, 6.45) is 1.00. The maximum Gasteiger partial charge on any atom is 0.261 e. The van der Waals surface area contributed by atoms with Crippen LogP contribution in [0.5, 0.6) is 0 Å². The Hall–Kier alpha value is -2.99. The molecule has 3 aromatic rings. The van der Waals surface area contributed by atoms with Crippen LogP contribution in [0, 0.1) is 5.92 Å². The number of nitrogens with two attached hydrogens (primary N) is 1. The van der Waals surface area contributed by atoms with E-state index in [9.17, 15) is 9.59 Å². The first-order valence-electron chi connectivity index (χ1n) is 9.99. The van der Waals surface area contributed by atoms with Gasteiger partial charge in [0.05, 0.1) is 17.4 Å². The van der Waals surface area contributed by atoms with Gasteiger partial charge in [0.1, 0.15) is 12.4 Å². The molecule has 1 heterocycles. The Labute approximate surface area is 170 Å². The number of nitrogens with one attached hydrogen (secondary N) is 1. The Morgan fingerprint density at radius 2 is 1.83 bits per heavy atom. The van der Waals surface area contributed by atoms with E-state index in [0.717, 1.165) is 6.42 Å². The zero-order valence-electron chi connectivity index (χ0n) is 17.2. The molecule has 1 atom stereocenters. The highest BCUT2D eigenvalue weighted by Gasteiger charge is 2.18. The molecule has 0 saturated carbocycles. The number of benzene rings is 2. The normalized spacial score (nSPS) is 12.4. The van der Waals surface area contributed by atoms with Gasteiger partial charge in [-0.3, -0.25) is 14.2 Å². The molecule has 0 aliphatic rings. The third-order valence-corrected chi connectivity index (χ3v) is 5.15. The zero-order valence-corrected chi connectivity index (χ0v) is 17.2. The monoisotopic (exact) mass is 392 g/mol. The van der Waals surface area contributed by atoms with Crippen LogP contribution in [0.3, 0.4) is 0 Å². The van der Waals surface area contributed by atoms with Crippen molar-refractivity contribution in [1.82, 2.24) is 14.9 Å². The second kappa shape index (κ2) is 9.01. The van der Waals surface area contributed by atoms with Crippen molar-refractivity contribution in [2.24, 2.45) is 11.7 Å². The predicted molar refractivity (Wildman–Crippen MR) is 115 cm³/mol. The lowest BCUT2D eigenvalue weighted by atomic mass is 9.95. The molecular formula is C23H28N4O2. The summed E-state index contributed by atoms with van der Waals surface area (Å²) < 4.78 is 1.37. The first-order valence-corrected chi connectivity index (χ1v) is 9.99. The van der Waals surface area contributed by atoms with E-state index in [0.29, 0.717) is 29.2 Å². The minimum atomic E-state index is -0.569. The number of rotatable bonds is 8. The number of aryl methyl sites for hydroxylation is 1. The van der Waals surface area contributed by atoms with Crippen LogP contribution in [0.4, 0.5) is 0 Å². The van der Waals surface area contributed by atoms with Crippen LogP contribution >= 0.6 is 0 Å². The Bertz CT molecular complexity index is 1050. The molecule has 0 spiro atoms. The van der Waals surface area contributed by atoms with Crippen molar-refractivity contribution in [2.75, 3.05) is 0 Å². The lowest BCUT2D eigenvalue weighted by Gasteiger charge is -2.24. The average molecular weight is 393 g/mol. The Kier molecular flexibility index (Phi) is 6.44. The first kappa shape index (κ1) is 20.7. The van der Waals surface area contributed by atoms with Crippen LogP contribution in [0.2, 0.25) is 0 Å². The van der Waals surface area contributed by atoms with Gasteiger partial charge in [0.2, 0.25) is 5.91 Å². The highest BCUT2D eigenvalue weighted by atomic mass is 16.2. The number of amides is 1. The second-order valence-electron chi connectivity index (χ2n) is 7.60. The molecule has 29 heavy (non-hydrogen) atoms. The molecule has 2 aromatic carbocycles. The summed E-state index contributed by atoms with van der Waals surface area (Å²) in [6, 6.07) is 15.8. The van der Waals surface area contributed by atoms with Gasteiger partial charge < -0.3 is 11.1 Å². The summed E-state index contributed by atoms with van der Waals surface area (Å²) in [5.41, 5.74) is 8.22. The van der Waals surface area contributed by atoms with Gasteiger partial charge in [0, 0.05) is 6.04 Å². The van der Waals surface area contributed by atoms with Crippen LogP contribution in [-0.2, 0) is 24.3 Å². The maximum absolute atomic E-state index is 12.9. The van der Waals surface area contributed by atoms with E-state index >= 15 is 0 Å². The minimum absolute atomic E-state index is 0.0892. The van der Waals surface area contributed by atoms with Gasteiger partial charge in [-0.1, -0.05) is 57.2 Å². The third kappa shape index (κ3) is 4.71. The number of aromatic nitrogens is 2. The minimum Gasteiger partial charge on any atom is -0.368 e. The summed E-state index contributed by atoms with van der Waals surface area (Å²) in [5, 5.41) is 4.00. The summed E-state index contributed by atoms with van der Waals surface area (Å²) in [5.74, 6) is 0.267. The van der Waals surface area contributed by atoms with E-state index in [1.165, 1.54) is 15.7 Å². The molecule has 0 unspecified atom stereocenters. The fourth-order valence-corrected chi connectivity index (χ4v) is 3.57. The highest BCUT2D eigenvalue weighted by Crippen LogP contribution is 2.23. The quantitative estimate of drug-likeness (QED) is 0.617. The average Bonchev–Trinajstić information content (AvgIpc) is 2.71. The molecular weight excluding hydrogens is 364 g/mol. The Morgan fingerprint density at radius 1 is 1.14 bits per heavy atom.